The van der Waals surface area contributed by atoms with Gasteiger partial charge in [-0.1, -0.05) is 12.1 Å². The minimum absolute atomic E-state index is 0.218. The van der Waals surface area contributed by atoms with Crippen LogP contribution >= 0.6 is 0 Å². The summed E-state index contributed by atoms with van der Waals surface area (Å²) in [6.45, 7) is 7.68. The van der Waals surface area contributed by atoms with Crippen LogP contribution in [-0.2, 0) is 9.53 Å². The smallest absolute Gasteiger partial charge is 0.319 e. The lowest BCUT2D eigenvalue weighted by Crippen LogP contribution is -2.38. The zero-order valence-electron chi connectivity index (χ0n) is 12.2. The van der Waals surface area contributed by atoms with Gasteiger partial charge in [0.25, 0.3) is 0 Å². The van der Waals surface area contributed by atoms with Gasteiger partial charge in [0.15, 0.2) is 0 Å². The van der Waals surface area contributed by atoms with Crippen molar-refractivity contribution in [2.45, 2.75) is 26.8 Å². The molecule has 0 aliphatic rings. The number of carbonyl (C=O) groups is 1. The van der Waals surface area contributed by atoms with Crippen LogP contribution in [0.5, 0.6) is 5.75 Å². The van der Waals surface area contributed by atoms with Crippen molar-refractivity contribution in [3.63, 3.8) is 0 Å². The zero-order valence-corrected chi connectivity index (χ0v) is 12.2. The van der Waals surface area contributed by atoms with E-state index in [9.17, 15) is 4.79 Å². The number of ether oxygens (including phenoxy) is 2. The first-order chi connectivity index (χ1) is 9.02. The maximum absolute atomic E-state index is 11.3. The van der Waals surface area contributed by atoms with E-state index in [4.69, 9.17) is 4.74 Å². The van der Waals surface area contributed by atoms with Crippen LogP contribution < -0.4 is 4.74 Å². The fourth-order valence-corrected chi connectivity index (χ4v) is 1.74. The monoisotopic (exact) mass is 265 g/mol. The molecule has 0 aromatic heterocycles. The number of esters is 1. The summed E-state index contributed by atoms with van der Waals surface area (Å²) in [5, 5.41) is 0. The van der Waals surface area contributed by atoms with Crippen LogP contribution in [-0.4, -0.2) is 43.7 Å². The normalized spacial score (nSPS) is 10.8. The number of hydrogen-bond donors (Lipinski definition) is 0. The van der Waals surface area contributed by atoms with Crippen LogP contribution in [0.4, 0.5) is 0 Å². The molecule has 0 fully saturated rings. The van der Waals surface area contributed by atoms with Crippen LogP contribution in [0.15, 0.2) is 24.3 Å². The maximum atomic E-state index is 11.3. The topological polar surface area (TPSA) is 38.8 Å². The van der Waals surface area contributed by atoms with Crippen molar-refractivity contribution in [2.75, 3.05) is 26.8 Å². The molecule has 19 heavy (non-hydrogen) atoms. The molecule has 1 aromatic rings. The summed E-state index contributed by atoms with van der Waals surface area (Å²) in [4.78, 5) is 13.3. The molecular formula is C15H23NO3. The first-order valence-corrected chi connectivity index (χ1v) is 6.53. The van der Waals surface area contributed by atoms with Gasteiger partial charge in [-0.3, -0.25) is 9.69 Å². The van der Waals surface area contributed by atoms with Gasteiger partial charge < -0.3 is 9.47 Å². The summed E-state index contributed by atoms with van der Waals surface area (Å²) in [7, 11) is 1.41. The Hall–Kier alpha value is -1.55. The molecule has 0 heterocycles. The average Bonchev–Trinajstić information content (AvgIpc) is 2.37. The Morgan fingerprint density at radius 2 is 2.11 bits per heavy atom. The second kappa shape index (κ2) is 7.79. The quantitative estimate of drug-likeness (QED) is 0.709. The molecule has 0 saturated heterocycles. The molecule has 1 rings (SSSR count). The Balaban J connectivity index is 2.42. The second-order valence-electron chi connectivity index (χ2n) is 4.81. The number of benzene rings is 1. The predicted octanol–water partition coefficient (Wildman–Crippen LogP) is 2.26. The molecule has 106 valence electrons. The number of hydrogen-bond acceptors (Lipinski definition) is 4. The SMILES string of the molecule is COC(=O)CN(CCOc1cccc(C)c1)C(C)C. The Morgan fingerprint density at radius 3 is 2.68 bits per heavy atom. The third kappa shape index (κ3) is 5.75. The van der Waals surface area contributed by atoms with Crippen LogP contribution in [0.1, 0.15) is 19.4 Å². The highest BCUT2D eigenvalue weighted by Crippen LogP contribution is 2.12. The minimum atomic E-state index is -0.218. The molecule has 0 saturated carbocycles. The van der Waals surface area contributed by atoms with Crippen molar-refractivity contribution in [1.82, 2.24) is 4.90 Å². The summed E-state index contributed by atoms with van der Waals surface area (Å²) in [5.74, 6) is 0.644. The van der Waals surface area contributed by atoms with E-state index in [1.54, 1.807) is 0 Å². The van der Waals surface area contributed by atoms with E-state index >= 15 is 0 Å². The summed E-state index contributed by atoms with van der Waals surface area (Å²) in [6.07, 6.45) is 0. The highest BCUT2D eigenvalue weighted by molar-refractivity contribution is 5.71. The third-order valence-electron chi connectivity index (χ3n) is 2.93. The fourth-order valence-electron chi connectivity index (χ4n) is 1.74. The molecule has 0 aliphatic carbocycles. The summed E-state index contributed by atoms with van der Waals surface area (Å²) < 4.78 is 10.4. The van der Waals surface area contributed by atoms with E-state index in [1.165, 1.54) is 12.7 Å². The van der Waals surface area contributed by atoms with Crippen molar-refractivity contribution in [3.8, 4) is 5.75 Å². The molecule has 1 aromatic carbocycles. The lowest BCUT2D eigenvalue weighted by atomic mass is 10.2. The van der Waals surface area contributed by atoms with Crippen molar-refractivity contribution in [3.05, 3.63) is 29.8 Å². The molecule has 4 heteroatoms. The Morgan fingerprint density at radius 1 is 1.37 bits per heavy atom. The lowest BCUT2D eigenvalue weighted by Gasteiger charge is -2.25. The molecular weight excluding hydrogens is 242 g/mol. The first kappa shape index (κ1) is 15.5. The molecule has 0 radical (unpaired) electrons. The van der Waals surface area contributed by atoms with Gasteiger partial charge in [-0.15, -0.1) is 0 Å². The highest BCUT2D eigenvalue weighted by atomic mass is 16.5. The Labute approximate surface area is 115 Å². The molecule has 0 unspecified atom stereocenters. The first-order valence-electron chi connectivity index (χ1n) is 6.53. The van der Waals surface area contributed by atoms with Gasteiger partial charge in [-0.05, 0) is 38.5 Å². The van der Waals surface area contributed by atoms with Gasteiger partial charge in [0.1, 0.15) is 12.4 Å². The van der Waals surface area contributed by atoms with Crippen molar-refractivity contribution >= 4 is 5.97 Å². The van der Waals surface area contributed by atoms with Gasteiger partial charge in [-0.25, -0.2) is 0 Å². The highest BCUT2D eigenvalue weighted by Gasteiger charge is 2.14. The average molecular weight is 265 g/mol. The van der Waals surface area contributed by atoms with E-state index < -0.39 is 0 Å². The number of rotatable bonds is 7. The van der Waals surface area contributed by atoms with Crippen LogP contribution in [0.3, 0.4) is 0 Å². The predicted molar refractivity (Wildman–Crippen MR) is 75.4 cm³/mol. The molecule has 0 bridgehead atoms. The van der Waals surface area contributed by atoms with E-state index in [-0.39, 0.29) is 12.0 Å². The van der Waals surface area contributed by atoms with Gasteiger partial charge in [0, 0.05) is 12.6 Å². The van der Waals surface area contributed by atoms with Crippen LogP contribution in [0.25, 0.3) is 0 Å². The molecule has 0 N–H and O–H groups in total. The standard InChI is InChI=1S/C15H23NO3/c1-12(2)16(11-15(17)18-4)8-9-19-14-7-5-6-13(3)10-14/h5-7,10,12H,8-9,11H2,1-4H3. The van der Waals surface area contributed by atoms with Crippen LogP contribution in [0.2, 0.25) is 0 Å². The molecule has 0 aliphatic heterocycles. The Bertz CT molecular complexity index is 404. The summed E-state index contributed by atoms with van der Waals surface area (Å²) in [5.41, 5.74) is 1.17. The van der Waals surface area contributed by atoms with Crippen molar-refractivity contribution < 1.29 is 14.3 Å². The van der Waals surface area contributed by atoms with Gasteiger partial charge in [-0.2, -0.15) is 0 Å². The molecule has 4 nitrogen and oxygen atoms in total. The minimum Gasteiger partial charge on any atom is -0.492 e. The molecule has 0 amide bonds. The number of carbonyl (C=O) groups excluding carboxylic acids is 1. The van der Waals surface area contributed by atoms with Gasteiger partial charge in [0.05, 0.1) is 13.7 Å². The van der Waals surface area contributed by atoms with E-state index in [2.05, 4.69) is 18.6 Å². The largest absolute Gasteiger partial charge is 0.492 e. The summed E-state index contributed by atoms with van der Waals surface area (Å²) in [6, 6.07) is 8.22. The lowest BCUT2D eigenvalue weighted by molar-refractivity contribution is -0.142. The maximum Gasteiger partial charge on any atom is 0.319 e. The second-order valence-corrected chi connectivity index (χ2v) is 4.81. The molecule has 0 spiro atoms. The number of methoxy groups -OCH3 is 1. The number of aryl methyl sites for hydroxylation is 1. The Kier molecular flexibility index (Phi) is 6.36. The summed E-state index contributed by atoms with van der Waals surface area (Å²) >= 11 is 0. The zero-order chi connectivity index (χ0) is 14.3. The van der Waals surface area contributed by atoms with Gasteiger partial charge in [0.2, 0.25) is 0 Å². The van der Waals surface area contributed by atoms with E-state index in [0.717, 1.165) is 5.75 Å². The number of nitrogens with zero attached hydrogens (tertiary/aromatic N) is 1. The fraction of sp³-hybridized carbons (Fsp3) is 0.533. The van der Waals surface area contributed by atoms with Crippen molar-refractivity contribution in [1.29, 1.82) is 0 Å². The molecule has 0 atom stereocenters. The van der Waals surface area contributed by atoms with Crippen molar-refractivity contribution in [2.24, 2.45) is 0 Å². The van der Waals surface area contributed by atoms with Crippen LogP contribution in [0, 0.1) is 6.92 Å². The third-order valence-corrected chi connectivity index (χ3v) is 2.93. The van der Waals surface area contributed by atoms with Gasteiger partial charge >= 0.3 is 5.97 Å². The van der Waals surface area contributed by atoms with E-state index in [0.29, 0.717) is 19.7 Å². The van der Waals surface area contributed by atoms with E-state index in [1.807, 2.05) is 36.1 Å².